The Hall–Kier alpha value is -1.36. The zero-order valence-corrected chi connectivity index (χ0v) is 15.4. The van der Waals surface area contributed by atoms with E-state index in [1.165, 1.54) is 11.1 Å². The first-order valence-electron chi connectivity index (χ1n) is 8.76. The molecule has 24 heavy (non-hydrogen) atoms. The molecule has 1 aliphatic heterocycles. The maximum Gasteiger partial charge on any atom is 0.308 e. The highest BCUT2D eigenvalue weighted by Crippen LogP contribution is 2.62. The first kappa shape index (κ1) is 16.1. The number of rotatable bonds is 2. The van der Waals surface area contributed by atoms with Gasteiger partial charge in [0.15, 0.2) is 0 Å². The Morgan fingerprint density at radius 1 is 1.38 bits per heavy atom. The molecule has 2 fully saturated rings. The van der Waals surface area contributed by atoms with Crippen LogP contribution in [0.4, 0.5) is 0 Å². The van der Waals surface area contributed by atoms with Crippen LogP contribution in [0, 0.1) is 11.8 Å². The van der Waals surface area contributed by atoms with E-state index in [-0.39, 0.29) is 23.3 Å². The van der Waals surface area contributed by atoms with Crippen LogP contribution in [0.3, 0.4) is 0 Å². The lowest BCUT2D eigenvalue weighted by Crippen LogP contribution is -2.50. The van der Waals surface area contributed by atoms with Crippen LogP contribution in [0.25, 0.3) is 0 Å². The normalized spacial score (nSPS) is 34.2. The van der Waals surface area contributed by atoms with Crippen LogP contribution in [-0.4, -0.2) is 34.5 Å². The molecule has 4 nitrogen and oxygen atoms in total. The highest BCUT2D eigenvalue weighted by molar-refractivity contribution is 9.10. The minimum atomic E-state index is -0.776. The molecule has 4 rings (SSSR count). The van der Waals surface area contributed by atoms with Crippen LogP contribution in [0.1, 0.15) is 43.7 Å². The monoisotopic (exact) mass is 391 g/mol. The number of benzene rings is 1. The first-order chi connectivity index (χ1) is 11.4. The lowest BCUT2D eigenvalue weighted by atomic mass is 9.89. The predicted molar refractivity (Wildman–Crippen MR) is 93.8 cm³/mol. The molecule has 2 aliphatic carbocycles. The molecule has 1 aromatic carbocycles. The molecule has 1 heterocycles. The average molecular weight is 392 g/mol. The number of carboxylic acids is 1. The third-order valence-electron chi connectivity index (χ3n) is 6.41. The molecule has 0 aromatic heterocycles. The summed E-state index contributed by atoms with van der Waals surface area (Å²) in [5, 5.41) is 9.38. The summed E-state index contributed by atoms with van der Waals surface area (Å²) >= 11 is 3.53. The summed E-state index contributed by atoms with van der Waals surface area (Å²) in [6, 6.07) is 6.20. The van der Waals surface area contributed by atoms with Gasteiger partial charge < -0.3 is 10.0 Å². The predicted octanol–water partition coefficient (Wildman–Crippen LogP) is 3.36. The van der Waals surface area contributed by atoms with Crippen LogP contribution >= 0.6 is 15.9 Å². The molecule has 3 aliphatic rings. The van der Waals surface area contributed by atoms with E-state index in [1.807, 2.05) is 11.8 Å². The molecule has 1 N–H and O–H groups in total. The summed E-state index contributed by atoms with van der Waals surface area (Å²) in [5.74, 6) is -0.995. The number of carbonyl (C=O) groups is 2. The number of piperidine rings is 1. The van der Waals surface area contributed by atoms with Crippen molar-refractivity contribution in [3.8, 4) is 0 Å². The summed E-state index contributed by atoms with van der Waals surface area (Å²) in [6.45, 7) is 2.59. The van der Waals surface area contributed by atoms with Crippen molar-refractivity contribution in [1.29, 1.82) is 0 Å². The van der Waals surface area contributed by atoms with Gasteiger partial charge in [0.2, 0.25) is 5.91 Å². The molecular weight excluding hydrogens is 370 g/mol. The Bertz CT molecular complexity index is 719. The highest BCUT2D eigenvalue weighted by atomic mass is 79.9. The number of halogens is 1. The number of nitrogens with zero attached hydrogens (tertiary/aromatic N) is 1. The topological polar surface area (TPSA) is 57.6 Å². The lowest BCUT2D eigenvalue weighted by Gasteiger charge is -2.38. The smallest absolute Gasteiger partial charge is 0.308 e. The third kappa shape index (κ3) is 2.32. The van der Waals surface area contributed by atoms with Crippen molar-refractivity contribution < 1.29 is 14.7 Å². The number of carboxylic acid groups (broad SMARTS) is 1. The summed E-state index contributed by atoms with van der Waals surface area (Å²) in [6.07, 6.45) is 4.45. The van der Waals surface area contributed by atoms with E-state index in [0.717, 1.165) is 30.2 Å². The van der Waals surface area contributed by atoms with Gasteiger partial charge in [-0.2, -0.15) is 0 Å². The van der Waals surface area contributed by atoms with E-state index in [9.17, 15) is 14.7 Å². The molecule has 1 saturated heterocycles. The van der Waals surface area contributed by atoms with Crippen molar-refractivity contribution in [2.75, 3.05) is 6.54 Å². The standard InChI is InChI=1S/C19H22BrNO3/c1-11-14(18(23)24)3-2-8-21(11)17(22)16-10-19(16)7-6-12-9-13(20)4-5-15(12)19/h4-5,9,11,14,16H,2-3,6-8,10H2,1H3,(H,23,24)/t11-,14-,16?,19?/m1/s1. The second-order valence-electron chi connectivity index (χ2n) is 7.57. The highest BCUT2D eigenvalue weighted by Gasteiger charge is 2.62. The number of hydrogen-bond donors (Lipinski definition) is 1. The molecule has 1 spiro atoms. The van der Waals surface area contributed by atoms with Gasteiger partial charge in [-0.1, -0.05) is 22.0 Å². The van der Waals surface area contributed by atoms with Gasteiger partial charge in [0.1, 0.15) is 0 Å². The second kappa shape index (κ2) is 5.58. The van der Waals surface area contributed by atoms with E-state index in [2.05, 4.69) is 34.1 Å². The van der Waals surface area contributed by atoms with Crippen LogP contribution in [0.5, 0.6) is 0 Å². The summed E-state index contributed by atoms with van der Waals surface area (Å²) in [7, 11) is 0. The van der Waals surface area contributed by atoms with Crippen molar-refractivity contribution in [2.45, 2.75) is 50.5 Å². The number of carbonyl (C=O) groups excluding carboxylic acids is 1. The quantitative estimate of drug-likeness (QED) is 0.840. The summed E-state index contributed by atoms with van der Waals surface area (Å²) < 4.78 is 1.09. The van der Waals surface area contributed by atoms with E-state index >= 15 is 0 Å². The van der Waals surface area contributed by atoms with Crippen molar-refractivity contribution >= 4 is 27.8 Å². The Morgan fingerprint density at radius 3 is 2.92 bits per heavy atom. The Balaban J connectivity index is 1.55. The molecule has 5 heteroatoms. The van der Waals surface area contributed by atoms with Crippen molar-refractivity contribution in [3.05, 3.63) is 33.8 Å². The zero-order valence-electron chi connectivity index (χ0n) is 13.8. The van der Waals surface area contributed by atoms with Gasteiger partial charge >= 0.3 is 5.97 Å². The van der Waals surface area contributed by atoms with Gasteiger partial charge in [0, 0.05) is 28.4 Å². The third-order valence-corrected chi connectivity index (χ3v) is 6.90. The fraction of sp³-hybridized carbons (Fsp3) is 0.579. The van der Waals surface area contributed by atoms with Crippen molar-refractivity contribution in [2.24, 2.45) is 11.8 Å². The Kier molecular flexibility index (Phi) is 3.75. The molecule has 1 aromatic rings. The van der Waals surface area contributed by atoms with Crippen molar-refractivity contribution in [1.82, 2.24) is 4.90 Å². The zero-order chi connectivity index (χ0) is 17.1. The van der Waals surface area contributed by atoms with Gasteiger partial charge in [-0.25, -0.2) is 0 Å². The SMILES string of the molecule is C[C@@H]1[C@H](C(=O)O)CCCN1C(=O)C1CC12CCc1cc(Br)ccc12. The number of hydrogen-bond acceptors (Lipinski definition) is 2. The van der Waals surface area contributed by atoms with E-state index in [1.54, 1.807) is 0 Å². The van der Waals surface area contributed by atoms with E-state index in [4.69, 9.17) is 0 Å². The fourth-order valence-corrected chi connectivity index (χ4v) is 5.34. The minimum absolute atomic E-state index is 0.0169. The maximum absolute atomic E-state index is 13.1. The molecule has 0 radical (unpaired) electrons. The van der Waals surface area contributed by atoms with Crippen LogP contribution in [-0.2, 0) is 21.4 Å². The largest absolute Gasteiger partial charge is 0.481 e. The van der Waals surface area contributed by atoms with Gasteiger partial charge in [0.25, 0.3) is 0 Å². The van der Waals surface area contributed by atoms with Gasteiger partial charge in [-0.05, 0) is 62.3 Å². The molecule has 2 unspecified atom stereocenters. The summed E-state index contributed by atoms with van der Waals surface area (Å²) in [5.41, 5.74) is 2.71. The molecule has 0 bridgehead atoms. The molecule has 1 saturated carbocycles. The number of aliphatic carboxylic acids is 1. The Labute approximate surface area is 150 Å². The fourth-order valence-electron chi connectivity index (χ4n) is 4.93. The van der Waals surface area contributed by atoms with Crippen molar-refractivity contribution in [3.63, 3.8) is 0 Å². The van der Waals surface area contributed by atoms with Crippen LogP contribution in [0.2, 0.25) is 0 Å². The maximum atomic E-state index is 13.1. The number of aryl methyl sites for hydroxylation is 1. The number of amides is 1. The molecule has 1 amide bonds. The average Bonchev–Trinajstić information content (AvgIpc) is 3.17. The van der Waals surface area contributed by atoms with E-state index < -0.39 is 11.9 Å². The second-order valence-corrected chi connectivity index (χ2v) is 8.49. The summed E-state index contributed by atoms with van der Waals surface area (Å²) in [4.78, 5) is 26.4. The molecular formula is C19H22BrNO3. The van der Waals surface area contributed by atoms with Crippen LogP contribution < -0.4 is 0 Å². The lowest BCUT2D eigenvalue weighted by molar-refractivity contribution is -0.149. The van der Waals surface area contributed by atoms with E-state index in [0.29, 0.717) is 13.0 Å². The van der Waals surface area contributed by atoms with Gasteiger partial charge in [-0.15, -0.1) is 0 Å². The number of fused-ring (bicyclic) bond motifs is 2. The van der Waals surface area contributed by atoms with Gasteiger partial charge in [0.05, 0.1) is 5.92 Å². The molecule has 128 valence electrons. The first-order valence-corrected chi connectivity index (χ1v) is 9.55. The Morgan fingerprint density at radius 2 is 2.17 bits per heavy atom. The van der Waals surface area contributed by atoms with Gasteiger partial charge in [-0.3, -0.25) is 9.59 Å². The van der Waals surface area contributed by atoms with Crippen LogP contribution in [0.15, 0.2) is 22.7 Å². The minimum Gasteiger partial charge on any atom is -0.481 e. The molecule has 4 atom stereocenters. The number of likely N-dealkylation sites (tertiary alicyclic amines) is 1.